The third-order valence-electron chi connectivity index (χ3n) is 2.28. The van der Waals surface area contributed by atoms with Crippen LogP contribution in [-0.4, -0.2) is 0 Å². The average molecular weight is 252 g/mol. The number of anilines is 1. The SMILES string of the molecule is Nc1cc(COc2ccc(Cl)cc2)ccc1F. The summed E-state index contributed by atoms with van der Waals surface area (Å²) in [7, 11) is 0. The molecule has 17 heavy (non-hydrogen) atoms. The summed E-state index contributed by atoms with van der Waals surface area (Å²) in [5, 5.41) is 0.656. The Kier molecular flexibility index (Phi) is 3.49. The summed E-state index contributed by atoms with van der Waals surface area (Å²) >= 11 is 5.75. The molecule has 2 aromatic carbocycles. The summed E-state index contributed by atoms with van der Waals surface area (Å²) in [6, 6.07) is 11.6. The second-order valence-electron chi connectivity index (χ2n) is 3.60. The predicted molar refractivity (Wildman–Crippen MR) is 66.6 cm³/mol. The number of benzene rings is 2. The van der Waals surface area contributed by atoms with E-state index in [4.69, 9.17) is 22.1 Å². The Labute approximate surface area is 104 Å². The van der Waals surface area contributed by atoms with Crippen LogP contribution in [0.3, 0.4) is 0 Å². The van der Waals surface area contributed by atoms with E-state index in [-0.39, 0.29) is 5.69 Å². The Morgan fingerprint density at radius 3 is 2.47 bits per heavy atom. The van der Waals surface area contributed by atoms with Crippen LogP contribution >= 0.6 is 11.6 Å². The molecular formula is C13H11ClFNO. The van der Waals surface area contributed by atoms with Gasteiger partial charge in [0.25, 0.3) is 0 Å². The highest BCUT2D eigenvalue weighted by atomic mass is 35.5. The molecular weight excluding hydrogens is 241 g/mol. The van der Waals surface area contributed by atoms with Crippen LogP contribution < -0.4 is 10.5 Å². The molecule has 0 aromatic heterocycles. The maximum atomic E-state index is 12.9. The van der Waals surface area contributed by atoms with Gasteiger partial charge < -0.3 is 10.5 Å². The number of hydrogen-bond acceptors (Lipinski definition) is 2. The summed E-state index contributed by atoms with van der Waals surface area (Å²) in [5.41, 5.74) is 6.41. The number of nitrogens with two attached hydrogens (primary N) is 1. The van der Waals surface area contributed by atoms with Crippen molar-refractivity contribution in [3.05, 3.63) is 58.9 Å². The molecule has 4 heteroatoms. The molecule has 88 valence electrons. The highest BCUT2D eigenvalue weighted by Crippen LogP contribution is 2.18. The van der Waals surface area contributed by atoms with E-state index in [0.717, 1.165) is 5.56 Å². The van der Waals surface area contributed by atoms with Crippen LogP contribution in [0.4, 0.5) is 10.1 Å². The first-order valence-electron chi connectivity index (χ1n) is 5.07. The maximum Gasteiger partial charge on any atom is 0.146 e. The molecule has 0 aliphatic carbocycles. The fraction of sp³-hybridized carbons (Fsp3) is 0.0769. The van der Waals surface area contributed by atoms with E-state index >= 15 is 0 Å². The van der Waals surface area contributed by atoms with Gasteiger partial charge >= 0.3 is 0 Å². The predicted octanol–water partition coefficient (Wildman–Crippen LogP) is 3.64. The molecule has 2 aromatic rings. The number of halogens is 2. The fourth-order valence-corrected chi connectivity index (χ4v) is 1.51. The number of ether oxygens (including phenoxy) is 1. The van der Waals surface area contributed by atoms with Crippen molar-refractivity contribution in [2.75, 3.05) is 5.73 Å². The Hall–Kier alpha value is -1.74. The van der Waals surface area contributed by atoms with Crippen molar-refractivity contribution in [1.82, 2.24) is 0 Å². The van der Waals surface area contributed by atoms with Gasteiger partial charge in [-0.15, -0.1) is 0 Å². The molecule has 0 saturated heterocycles. The Balaban J connectivity index is 2.02. The topological polar surface area (TPSA) is 35.2 Å². The van der Waals surface area contributed by atoms with Gasteiger partial charge in [0.15, 0.2) is 0 Å². The van der Waals surface area contributed by atoms with Crippen LogP contribution in [-0.2, 0) is 6.61 Å². The normalized spacial score (nSPS) is 10.2. The average Bonchev–Trinajstić information content (AvgIpc) is 2.33. The Morgan fingerprint density at radius 1 is 1.12 bits per heavy atom. The lowest BCUT2D eigenvalue weighted by Crippen LogP contribution is -1.98. The van der Waals surface area contributed by atoms with E-state index in [1.54, 1.807) is 36.4 Å². The molecule has 2 N–H and O–H groups in total. The molecule has 0 heterocycles. The van der Waals surface area contributed by atoms with Gasteiger partial charge in [-0.1, -0.05) is 17.7 Å². The van der Waals surface area contributed by atoms with Gasteiger partial charge in [0.2, 0.25) is 0 Å². The minimum Gasteiger partial charge on any atom is -0.489 e. The zero-order valence-corrected chi connectivity index (χ0v) is 9.75. The van der Waals surface area contributed by atoms with Crippen molar-refractivity contribution in [1.29, 1.82) is 0 Å². The molecule has 0 atom stereocenters. The van der Waals surface area contributed by atoms with Crippen molar-refractivity contribution in [2.45, 2.75) is 6.61 Å². The molecule has 0 bridgehead atoms. The van der Waals surface area contributed by atoms with E-state index in [0.29, 0.717) is 17.4 Å². The van der Waals surface area contributed by atoms with Gasteiger partial charge in [0, 0.05) is 5.02 Å². The van der Waals surface area contributed by atoms with E-state index < -0.39 is 5.82 Å². The molecule has 0 spiro atoms. The minimum atomic E-state index is -0.416. The lowest BCUT2D eigenvalue weighted by atomic mass is 10.2. The number of hydrogen-bond donors (Lipinski definition) is 1. The zero-order chi connectivity index (χ0) is 12.3. The van der Waals surface area contributed by atoms with Crippen LogP contribution in [0.15, 0.2) is 42.5 Å². The monoisotopic (exact) mass is 251 g/mol. The summed E-state index contributed by atoms with van der Waals surface area (Å²) in [6.45, 7) is 0.339. The number of rotatable bonds is 3. The molecule has 0 fully saturated rings. The molecule has 0 saturated carbocycles. The molecule has 0 unspecified atom stereocenters. The molecule has 2 rings (SSSR count). The smallest absolute Gasteiger partial charge is 0.146 e. The Morgan fingerprint density at radius 2 is 1.82 bits per heavy atom. The third kappa shape index (κ3) is 3.11. The third-order valence-corrected chi connectivity index (χ3v) is 2.53. The van der Waals surface area contributed by atoms with Gasteiger partial charge in [0.1, 0.15) is 18.2 Å². The quantitative estimate of drug-likeness (QED) is 0.846. The summed E-state index contributed by atoms with van der Waals surface area (Å²) < 4.78 is 18.4. The lowest BCUT2D eigenvalue weighted by molar-refractivity contribution is 0.306. The van der Waals surface area contributed by atoms with Crippen LogP contribution in [0.25, 0.3) is 0 Å². The minimum absolute atomic E-state index is 0.127. The highest BCUT2D eigenvalue weighted by Gasteiger charge is 2.01. The first-order valence-corrected chi connectivity index (χ1v) is 5.45. The van der Waals surface area contributed by atoms with Crippen molar-refractivity contribution in [2.24, 2.45) is 0 Å². The van der Waals surface area contributed by atoms with Crippen molar-refractivity contribution in [3.63, 3.8) is 0 Å². The molecule has 0 radical (unpaired) electrons. The molecule has 0 amide bonds. The zero-order valence-electron chi connectivity index (χ0n) is 8.99. The van der Waals surface area contributed by atoms with Crippen molar-refractivity contribution >= 4 is 17.3 Å². The molecule has 2 nitrogen and oxygen atoms in total. The largest absolute Gasteiger partial charge is 0.489 e. The van der Waals surface area contributed by atoms with Crippen LogP contribution in [0, 0.1) is 5.82 Å². The maximum absolute atomic E-state index is 12.9. The van der Waals surface area contributed by atoms with E-state index in [9.17, 15) is 4.39 Å². The van der Waals surface area contributed by atoms with Gasteiger partial charge in [0.05, 0.1) is 5.69 Å². The fourth-order valence-electron chi connectivity index (χ4n) is 1.38. The van der Waals surface area contributed by atoms with Gasteiger partial charge in [-0.05, 0) is 42.0 Å². The second-order valence-corrected chi connectivity index (χ2v) is 4.03. The van der Waals surface area contributed by atoms with Gasteiger partial charge in [-0.2, -0.15) is 0 Å². The summed E-state index contributed by atoms with van der Waals surface area (Å²) in [5.74, 6) is 0.289. The highest BCUT2D eigenvalue weighted by molar-refractivity contribution is 6.30. The number of nitrogen functional groups attached to an aromatic ring is 1. The first-order chi connectivity index (χ1) is 8.15. The van der Waals surface area contributed by atoms with Crippen LogP contribution in [0.5, 0.6) is 5.75 Å². The van der Waals surface area contributed by atoms with Crippen molar-refractivity contribution in [3.8, 4) is 5.75 Å². The van der Waals surface area contributed by atoms with Gasteiger partial charge in [-0.3, -0.25) is 0 Å². The van der Waals surface area contributed by atoms with Gasteiger partial charge in [-0.25, -0.2) is 4.39 Å². The van der Waals surface area contributed by atoms with Crippen molar-refractivity contribution < 1.29 is 9.13 Å². The molecule has 0 aliphatic heterocycles. The van der Waals surface area contributed by atoms with E-state index in [1.165, 1.54) is 6.07 Å². The lowest BCUT2D eigenvalue weighted by Gasteiger charge is -2.07. The second kappa shape index (κ2) is 5.06. The standard InChI is InChI=1S/C13H11ClFNO/c14-10-2-4-11(5-3-10)17-8-9-1-6-12(15)13(16)7-9/h1-7H,8,16H2. The Bertz CT molecular complexity index is 513. The first kappa shape index (κ1) is 11.7. The van der Waals surface area contributed by atoms with Crippen LogP contribution in [0.2, 0.25) is 5.02 Å². The molecule has 0 aliphatic rings. The van der Waals surface area contributed by atoms with E-state index in [1.807, 2.05) is 0 Å². The summed E-state index contributed by atoms with van der Waals surface area (Å²) in [6.07, 6.45) is 0. The van der Waals surface area contributed by atoms with Crippen LogP contribution in [0.1, 0.15) is 5.56 Å². The van der Waals surface area contributed by atoms with E-state index in [2.05, 4.69) is 0 Å². The summed E-state index contributed by atoms with van der Waals surface area (Å²) in [4.78, 5) is 0.